The number of hydrogen-bond acceptors (Lipinski definition) is 5. The molecule has 0 radical (unpaired) electrons. The smallest absolute Gasteiger partial charge is 0.260 e. The molecule has 2 aliphatic heterocycles. The number of ether oxygens (including phenoxy) is 2. The molecule has 1 aromatic carbocycles. The Bertz CT molecular complexity index is 807. The molecule has 30 heavy (non-hydrogen) atoms. The number of nitrogens with zero attached hydrogens (tertiary/aromatic N) is 2. The number of carbonyl (C=O) groups excluding carboxylic acids is 1. The van der Waals surface area contributed by atoms with E-state index in [-0.39, 0.29) is 17.6 Å². The van der Waals surface area contributed by atoms with Crippen LogP contribution in [0.4, 0.5) is 0 Å². The topological polar surface area (TPSA) is 63.7 Å². The van der Waals surface area contributed by atoms with Crippen LogP contribution in [0, 0.1) is 0 Å². The summed E-state index contributed by atoms with van der Waals surface area (Å²) in [6.45, 7) is 5.38. The van der Waals surface area contributed by atoms with Crippen LogP contribution in [-0.4, -0.2) is 53.2 Å². The third-order valence-electron chi connectivity index (χ3n) is 6.19. The summed E-state index contributed by atoms with van der Waals surface area (Å²) < 4.78 is 12.1. The highest BCUT2D eigenvalue weighted by Crippen LogP contribution is 2.39. The number of rotatable bonds is 7. The highest BCUT2D eigenvalue weighted by atomic mass is 16.5. The Labute approximate surface area is 178 Å². The van der Waals surface area contributed by atoms with Crippen LogP contribution in [0.1, 0.15) is 38.2 Å². The van der Waals surface area contributed by atoms with E-state index in [0.29, 0.717) is 12.3 Å². The second kappa shape index (κ2) is 9.58. The van der Waals surface area contributed by atoms with Gasteiger partial charge in [-0.1, -0.05) is 18.2 Å². The van der Waals surface area contributed by atoms with Gasteiger partial charge >= 0.3 is 0 Å². The van der Waals surface area contributed by atoms with E-state index in [1.54, 1.807) is 6.92 Å². The normalized spacial score (nSPS) is 22.0. The number of benzene rings is 1. The maximum Gasteiger partial charge on any atom is 0.260 e. The number of likely N-dealkylation sites (tertiary alicyclic amines) is 1. The van der Waals surface area contributed by atoms with E-state index in [2.05, 4.69) is 27.3 Å². The SMILES string of the molecule is C[C@@H](Oc1ccccc1)C(=O)NC[C@H]1CCC2(CCN(Cc3ccncc3)CC2)O1. The Balaban J connectivity index is 1.19. The summed E-state index contributed by atoms with van der Waals surface area (Å²) in [5.41, 5.74) is 1.29. The average molecular weight is 410 g/mol. The van der Waals surface area contributed by atoms with Crippen molar-refractivity contribution in [3.05, 3.63) is 60.4 Å². The first-order chi connectivity index (χ1) is 14.6. The Kier molecular flexibility index (Phi) is 6.65. The zero-order valence-electron chi connectivity index (χ0n) is 17.6. The first-order valence-electron chi connectivity index (χ1n) is 10.9. The predicted molar refractivity (Wildman–Crippen MR) is 115 cm³/mol. The van der Waals surface area contributed by atoms with Crippen LogP contribution in [0.2, 0.25) is 0 Å². The molecule has 0 saturated carbocycles. The molecule has 0 unspecified atom stereocenters. The molecule has 2 aliphatic rings. The largest absolute Gasteiger partial charge is 0.481 e. The molecule has 160 valence electrons. The molecule has 0 aliphatic carbocycles. The summed E-state index contributed by atoms with van der Waals surface area (Å²) in [5.74, 6) is 0.602. The molecule has 3 heterocycles. The van der Waals surface area contributed by atoms with Gasteiger partial charge in [-0.3, -0.25) is 14.7 Å². The standard InChI is InChI=1S/C24H31N3O3/c1-19(29-21-5-3-2-4-6-21)23(28)26-17-22-7-10-24(30-22)11-15-27(16-12-24)18-20-8-13-25-14-9-20/h2-6,8-9,13-14,19,22H,7,10-12,15-18H2,1H3,(H,26,28)/t19-,22-/m1/s1. The number of aromatic nitrogens is 1. The van der Waals surface area contributed by atoms with E-state index < -0.39 is 6.10 Å². The van der Waals surface area contributed by atoms with Gasteiger partial charge in [0.1, 0.15) is 5.75 Å². The van der Waals surface area contributed by atoms with Crippen LogP contribution in [0.3, 0.4) is 0 Å². The van der Waals surface area contributed by atoms with E-state index in [4.69, 9.17) is 9.47 Å². The van der Waals surface area contributed by atoms with E-state index >= 15 is 0 Å². The first kappa shape index (κ1) is 20.8. The fourth-order valence-electron chi connectivity index (χ4n) is 4.39. The van der Waals surface area contributed by atoms with Crippen LogP contribution in [0.25, 0.3) is 0 Å². The lowest BCUT2D eigenvalue weighted by molar-refractivity contribution is -0.128. The number of nitrogens with one attached hydrogen (secondary N) is 1. The van der Waals surface area contributed by atoms with Crippen LogP contribution < -0.4 is 10.1 Å². The number of para-hydroxylation sites is 1. The molecular weight excluding hydrogens is 378 g/mol. The molecular formula is C24H31N3O3. The maximum absolute atomic E-state index is 12.4. The van der Waals surface area contributed by atoms with Crippen molar-refractivity contribution >= 4 is 5.91 Å². The second-order valence-electron chi connectivity index (χ2n) is 8.41. The lowest BCUT2D eigenvalue weighted by Crippen LogP contribution is -2.45. The molecule has 1 amide bonds. The van der Waals surface area contributed by atoms with E-state index in [1.165, 1.54) is 5.56 Å². The zero-order valence-corrected chi connectivity index (χ0v) is 17.6. The third kappa shape index (κ3) is 5.37. The summed E-state index contributed by atoms with van der Waals surface area (Å²) in [6.07, 6.45) is 7.44. The molecule has 6 heteroatoms. The third-order valence-corrected chi connectivity index (χ3v) is 6.19. The fourth-order valence-corrected chi connectivity index (χ4v) is 4.39. The minimum absolute atomic E-state index is 0.0176. The van der Waals surface area contributed by atoms with Crippen molar-refractivity contribution in [2.75, 3.05) is 19.6 Å². The van der Waals surface area contributed by atoms with Crippen LogP contribution in [-0.2, 0) is 16.1 Å². The quantitative estimate of drug-likeness (QED) is 0.761. The average Bonchev–Trinajstić information content (AvgIpc) is 3.18. The van der Waals surface area contributed by atoms with Crippen molar-refractivity contribution in [3.63, 3.8) is 0 Å². The molecule has 2 atom stereocenters. The molecule has 0 bridgehead atoms. The van der Waals surface area contributed by atoms with Gasteiger partial charge < -0.3 is 14.8 Å². The van der Waals surface area contributed by atoms with Crippen molar-refractivity contribution in [2.45, 2.75) is 57.0 Å². The van der Waals surface area contributed by atoms with Crippen molar-refractivity contribution in [3.8, 4) is 5.75 Å². The molecule has 4 rings (SSSR count). The number of amides is 1. The van der Waals surface area contributed by atoms with Gasteiger partial charge in [-0.25, -0.2) is 0 Å². The molecule has 1 N–H and O–H groups in total. The van der Waals surface area contributed by atoms with E-state index in [9.17, 15) is 4.79 Å². The lowest BCUT2D eigenvalue weighted by atomic mass is 9.88. The van der Waals surface area contributed by atoms with Gasteiger partial charge in [0, 0.05) is 38.6 Å². The van der Waals surface area contributed by atoms with Gasteiger partial charge in [0.2, 0.25) is 0 Å². The molecule has 1 aromatic heterocycles. The number of piperidine rings is 1. The first-order valence-corrected chi connectivity index (χ1v) is 10.9. The summed E-state index contributed by atoms with van der Waals surface area (Å²) in [6, 6.07) is 13.6. The highest BCUT2D eigenvalue weighted by molar-refractivity contribution is 5.80. The Morgan fingerprint density at radius 1 is 1.20 bits per heavy atom. The number of carbonyl (C=O) groups is 1. The highest BCUT2D eigenvalue weighted by Gasteiger charge is 2.42. The molecule has 2 fully saturated rings. The Morgan fingerprint density at radius 2 is 1.93 bits per heavy atom. The molecule has 1 spiro atoms. The van der Waals surface area contributed by atoms with Gasteiger partial charge in [0.15, 0.2) is 6.10 Å². The zero-order chi connectivity index (χ0) is 20.8. The molecule has 2 saturated heterocycles. The minimum atomic E-state index is -0.529. The second-order valence-corrected chi connectivity index (χ2v) is 8.41. The Hall–Kier alpha value is -2.44. The van der Waals surface area contributed by atoms with E-state index in [1.807, 2.05) is 42.7 Å². The Morgan fingerprint density at radius 3 is 2.67 bits per heavy atom. The fraction of sp³-hybridized carbons (Fsp3) is 0.500. The van der Waals surface area contributed by atoms with Crippen molar-refractivity contribution in [1.29, 1.82) is 0 Å². The van der Waals surface area contributed by atoms with Crippen molar-refractivity contribution in [2.24, 2.45) is 0 Å². The number of pyridine rings is 1. The van der Waals surface area contributed by atoms with E-state index in [0.717, 1.165) is 45.3 Å². The summed E-state index contributed by atoms with van der Waals surface area (Å²) in [7, 11) is 0. The number of hydrogen-bond donors (Lipinski definition) is 1. The van der Waals surface area contributed by atoms with Gasteiger partial charge in [0.25, 0.3) is 5.91 Å². The molecule has 6 nitrogen and oxygen atoms in total. The maximum atomic E-state index is 12.4. The van der Waals surface area contributed by atoms with Gasteiger partial charge in [-0.15, -0.1) is 0 Å². The van der Waals surface area contributed by atoms with Gasteiger partial charge in [-0.05, 0) is 62.4 Å². The summed E-state index contributed by atoms with van der Waals surface area (Å²) >= 11 is 0. The monoisotopic (exact) mass is 409 g/mol. The van der Waals surface area contributed by atoms with Crippen LogP contribution in [0.15, 0.2) is 54.9 Å². The van der Waals surface area contributed by atoms with Crippen molar-refractivity contribution < 1.29 is 14.3 Å². The van der Waals surface area contributed by atoms with Gasteiger partial charge in [-0.2, -0.15) is 0 Å². The van der Waals surface area contributed by atoms with Crippen LogP contribution >= 0.6 is 0 Å². The minimum Gasteiger partial charge on any atom is -0.481 e. The van der Waals surface area contributed by atoms with Crippen molar-refractivity contribution in [1.82, 2.24) is 15.2 Å². The predicted octanol–water partition coefficient (Wildman–Crippen LogP) is 3.18. The van der Waals surface area contributed by atoms with Crippen LogP contribution in [0.5, 0.6) is 5.75 Å². The lowest BCUT2D eigenvalue weighted by Gasteiger charge is -2.39. The summed E-state index contributed by atoms with van der Waals surface area (Å²) in [5, 5.41) is 3.00. The van der Waals surface area contributed by atoms with Gasteiger partial charge in [0.05, 0.1) is 11.7 Å². The summed E-state index contributed by atoms with van der Waals surface area (Å²) in [4.78, 5) is 19.0. The molecule has 2 aromatic rings.